The second-order valence-corrected chi connectivity index (χ2v) is 7.31. The molecule has 0 fully saturated rings. The molecule has 0 unspecified atom stereocenters. The third-order valence-corrected chi connectivity index (χ3v) is 5.05. The average Bonchev–Trinajstić information content (AvgIpc) is 2.70. The van der Waals surface area contributed by atoms with Gasteiger partial charge in [0.1, 0.15) is 22.8 Å². The van der Waals surface area contributed by atoms with Crippen LogP contribution in [0.25, 0.3) is 10.9 Å². The highest BCUT2D eigenvalue weighted by atomic mass is 35.5. The molecule has 0 aliphatic carbocycles. The molecule has 5 nitrogen and oxygen atoms in total. The number of carboxylic acid groups (broad SMARTS) is 1. The first kappa shape index (κ1) is 23.0. The van der Waals surface area contributed by atoms with Crippen LogP contribution in [-0.2, 0) is 17.6 Å². The summed E-state index contributed by atoms with van der Waals surface area (Å²) < 4.78 is 51.3. The summed E-state index contributed by atoms with van der Waals surface area (Å²) in [5.41, 5.74) is 0.875. The third-order valence-electron chi connectivity index (χ3n) is 4.46. The highest BCUT2D eigenvalue weighted by Gasteiger charge is 2.24. The number of hydrogen-bond acceptors (Lipinski definition) is 4. The summed E-state index contributed by atoms with van der Waals surface area (Å²) in [5.74, 6) is -2.57. The molecule has 1 heterocycles. The van der Waals surface area contributed by atoms with Crippen molar-refractivity contribution in [3.8, 4) is 11.5 Å². The summed E-state index contributed by atoms with van der Waals surface area (Å²) >= 11 is 12.2. The van der Waals surface area contributed by atoms with Crippen LogP contribution in [0.4, 0.5) is 13.2 Å². The molecule has 0 radical (unpaired) electrons. The van der Waals surface area contributed by atoms with Crippen LogP contribution in [0.2, 0.25) is 10.0 Å². The number of rotatable bonds is 8. The molecule has 31 heavy (non-hydrogen) atoms. The minimum absolute atomic E-state index is 0.0407. The van der Waals surface area contributed by atoms with Crippen LogP contribution in [-0.4, -0.2) is 29.3 Å². The number of nitrogens with zero attached hydrogens (tertiary/aromatic N) is 1. The van der Waals surface area contributed by atoms with E-state index >= 15 is 0 Å². The van der Waals surface area contributed by atoms with Crippen LogP contribution in [0, 0.1) is 5.82 Å². The molecule has 10 heteroatoms. The first-order valence-corrected chi connectivity index (χ1v) is 9.84. The zero-order valence-corrected chi connectivity index (χ0v) is 17.6. The molecule has 0 atom stereocenters. The number of carbonyl (C=O) groups is 1. The van der Waals surface area contributed by atoms with Crippen molar-refractivity contribution in [2.75, 3.05) is 6.61 Å². The quantitative estimate of drug-likeness (QED) is 0.441. The SMILES string of the molecule is CCc1nc2c(F)ccc(OCC(=O)O)c2c(OC(F)F)c1Cc1ccc(Cl)cc1Cl. The molecule has 0 aliphatic heterocycles. The molecule has 3 aromatic rings. The lowest BCUT2D eigenvalue weighted by atomic mass is 9.98. The lowest BCUT2D eigenvalue weighted by molar-refractivity contribution is -0.139. The molecule has 0 aliphatic rings. The maximum Gasteiger partial charge on any atom is 0.387 e. The number of pyridine rings is 1. The van der Waals surface area contributed by atoms with Crippen LogP contribution in [0.15, 0.2) is 30.3 Å². The fourth-order valence-corrected chi connectivity index (χ4v) is 3.64. The Labute approximate surface area is 185 Å². The average molecular weight is 474 g/mol. The fraction of sp³-hybridized carbons (Fsp3) is 0.238. The van der Waals surface area contributed by atoms with Crippen molar-refractivity contribution in [2.45, 2.75) is 26.4 Å². The fourth-order valence-electron chi connectivity index (χ4n) is 3.17. The van der Waals surface area contributed by atoms with Crippen LogP contribution in [0.5, 0.6) is 11.5 Å². The van der Waals surface area contributed by atoms with Gasteiger partial charge in [0, 0.05) is 27.7 Å². The minimum atomic E-state index is -3.23. The lowest BCUT2D eigenvalue weighted by Gasteiger charge is -2.19. The van der Waals surface area contributed by atoms with Crippen molar-refractivity contribution in [1.82, 2.24) is 4.98 Å². The molecule has 1 N–H and O–H groups in total. The van der Waals surface area contributed by atoms with Gasteiger partial charge in [-0.15, -0.1) is 0 Å². The standard InChI is InChI=1S/C21H16Cl2F3NO4/c1-2-15-12(7-10-3-4-11(22)8-13(10)23)20(31-21(25)26)18-16(30-9-17(28)29)6-5-14(24)19(18)27-15/h3-6,8,21H,2,7,9H2,1H3,(H,28,29). The molecule has 1 aromatic heterocycles. The van der Waals surface area contributed by atoms with Crippen molar-refractivity contribution in [2.24, 2.45) is 0 Å². The Morgan fingerprint density at radius 2 is 1.97 bits per heavy atom. The first-order chi connectivity index (χ1) is 14.7. The number of alkyl halides is 2. The summed E-state index contributed by atoms with van der Waals surface area (Å²) in [6.45, 7) is -2.26. The monoisotopic (exact) mass is 473 g/mol. The predicted octanol–water partition coefficient (Wildman–Crippen LogP) is 5.90. The Morgan fingerprint density at radius 3 is 2.58 bits per heavy atom. The van der Waals surface area contributed by atoms with Gasteiger partial charge in [-0.3, -0.25) is 0 Å². The van der Waals surface area contributed by atoms with Crippen LogP contribution in [0.3, 0.4) is 0 Å². The number of aryl methyl sites for hydroxylation is 1. The summed E-state index contributed by atoms with van der Waals surface area (Å²) in [6.07, 6.45) is 0.328. The molecular weight excluding hydrogens is 458 g/mol. The van der Waals surface area contributed by atoms with Gasteiger partial charge in [0.05, 0.1) is 5.39 Å². The number of fused-ring (bicyclic) bond motifs is 1. The normalized spacial score (nSPS) is 11.2. The van der Waals surface area contributed by atoms with Crippen molar-refractivity contribution in [3.63, 3.8) is 0 Å². The van der Waals surface area contributed by atoms with E-state index in [1.807, 2.05) is 0 Å². The number of halogens is 5. The Balaban J connectivity index is 2.30. The van der Waals surface area contributed by atoms with Crippen LogP contribution < -0.4 is 9.47 Å². The summed E-state index contributed by atoms with van der Waals surface area (Å²) in [4.78, 5) is 15.2. The van der Waals surface area contributed by atoms with Crippen molar-refractivity contribution < 1.29 is 32.5 Å². The van der Waals surface area contributed by atoms with Crippen molar-refractivity contribution in [1.29, 1.82) is 0 Å². The van der Waals surface area contributed by atoms with E-state index in [1.165, 1.54) is 6.07 Å². The van der Waals surface area contributed by atoms with Gasteiger partial charge in [0.25, 0.3) is 0 Å². The van der Waals surface area contributed by atoms with E-state index in [2.05, 4.69) is 4.98 Å². The molecular formula is C21H16Cl2F3NO4. The first-order valence-electron chi connectivity index (χ1n) is 9.08. The van der Waals surface area contributed by atoms with Gasteiger partial charge in [-0.1, -0.05) is 36.2 Å². The van der Waals surface area contributed by atoms with Gasteiger partial charge in [0.15, 0.2) is 6.61 Å². The molecule has 0 bridgehead atoms. The van der Waals surface area contributed by atoms with Gasteiger partial charge in [-0.05, 0) is 36.2 Å². The topological polar surface area (TPSA) is 68.7 Å². The van der Waals surface area contributed by atoms with E-state index in [1.54, 1.807) is 19.1 Å². The van der Waals surface area contributed by atoms with E-state index in [-0.39, 0.29) is 40.8 Å². The second-order valence-electron chi connectivity index (χ2n) is 6.46. The lowest BCUT2D eigenvalue weighted by Crippen LogP contribution is -2.13. The molecule has 3 rings (SSSR count). The highest BCUT2D eigenvalue weighted by Crippen LogP contribution is 2.41. The largest absolute Gasteiger partial charge is 0.481 e. The minimum Gasteiger partial charge on any atom is -0.481 e. The number of carboxylic acids is 1. The Kier molecular flexibility index (Phi) is 7.12. The van der Waals surface area contributed by atoms with Crippen LogP contribution in [0.1, 0.15) is 23.7 Å². The number of aliphatic carboxylic acids is 1. The second kappa shape index (κ2) is 9.62. The molecule has 0 spiro atoms. The van der Waals surface area contributed by atoms with E-state index in [0.717, 1.165) is 12.1 Å². The smallest absolute Gasteiger partial charge is 0.387 e. The van der Waals surface area contributed by atoms with Gasteiger partial charge in [0.2, 0.25) is 0 Å². The van der Waals surface area contributed by atoms with Crippen molar-refractivity contribution >= 4 is 40.1 Å². The highest BCUT2D eigenvalue weighted by molar-refractivity contribution is 6.35. The van der Waals surface area contributed by atoms with Gasteiger partial charge in [-0.2, -0.15) is 8.78 Å². The number of benzene rings is 2. The van der Waals surface area contributed by atoms with E-state index < -0.39 is 25.0 Å². The van der Waals surface area contributed by atoms with Gasteiger partial charge >= 0.3 is 12.6 Å². The van der Waals surface area contributed by atoms with Gasteiger partial charge in [-0.25, -0.2) is 14.2 Å². The van der Waals surface area contributed by atoms with E-state index in [0.29, 0.717) is 21.3 Å². The predicted molar refractivity (Wildman–Crippen MR) is 110 cm³/mol. The molecule has 0 amide bonds. The molecule has 0 saturated carbocycles. The number of ether oxygens (including phenoxy) is 2. The third kappa shape index (κ3) is 5.14. The summed E-state index contributed by atoms with van der Waals surface area (Å²) in [7, 11) is 0. The summed E-state index contributed by atoms with van der Waals surface area (Å²) in [6, 6.07) is 6.90. The molecule has 2 aromatic carbocycles. The zero-order valence-electron chi connectivity index (χ0n) is 16.1. The Bertz CT molecular complexity index is 1140. The molecule has 0 saturated heterocycles. The molecule has 164 valence electrons. The van der Waals surface area contributed by atoms with Crippen LogP contribution >= 0.6 is 23.2 Å². The number of aromatic nitrogens is 1. The number of hydrogen-bond donors (Lipinski definition) is 1. The zero-order chi connectivity index (χ0) is 22.7. The van der Waals surface area contributed by atoms with Crippen molar-refractivity contribution in [3.05, 3.63) is 63.0 Å². The van der Waals surface area contributed by atoms with E-state index in [9.17, 15) is 18.0 Å². The Morgan fingerprint density at radius 1 is 1.23 bits per heavy atom. The summed E-state index contributed by atoms with van der Waals surface area (Å²) in [5, 5.41) is 9.43. The maximum atomic E-state index is 14.6. The van der Waals surface area contributed by atoms with Gasteiger partial charge < -0.3 is 14.6 Å². The maximum absolute atomic E-state index is 14.6. The van der Waals surface area contributed by atoms with E-state index in [4.69, 9.17) is 37.8 Å². The Hall–Kier alpha value is -2.71.